The van der Waals surface area contributed by atoms with E-state index in [1.807, 2.05) is 0 Å². The van der Waals surface area contributed by atoms with E-state index in [4.69, 9.17) is 5.73 Å². The van der Waals surface area contributed by atoms with Gasteiger partial charge in [0.25, 0.3) is 11.8 Å². The minimum absolute atomic E-state index is 0.0343. The fourth-order valence-electron chi connectivity index (χ4n) is 3.50. The summed E-state index contributed by atoms with van der Waals surface area (Å²) >= 11 is 0.530. The number of carbonyl (C=O) groups is 2. The number of carbonyl (C=O) groups excluding carboxylic acids is 2. The van der Waals surface area contributed by atoms with Crippen LogP contribution >= 0.6 is 11.3 Å². The van der Waals surface area contributed by atoms with Crippen LogP contribution in [-0.4, -0.2) is 31.5 Å². The number of nitrogens with one attached hydrogen (secondary N) is 1. The number of aromatic nitrogens is 3. The van der Waals surface area contributed by atoms with Gasteiger partial charge in [0, 0.05) is 5.39 Å². The second-order valence-corrected chi connectivity index (χ2v) is 8.52. The molecule has 4 aromatic rings. The van der Waals surface area contributed by atoms with Crippen molar-refractivity contribution in [2.45, 2.75) is 19.6 Å². The molecule has 3 heterocycles. The van der Waals surface area contributed by atoms with Crippen molar-refractivity contribution in [1.82, 2.24) is 14.8 Å². The Labute approximate surface area is 202 Å². The minimum Gasteiger partial charge on any atom is -0.365 e. The van der Waals surface area contributed by atoms with Crippen LogP contribution < -0.4 is 11.1 Å². The maximum absolute atomic E-state index is 13.6. The lowest BCUT2D eigenvalue weighted by Gasteiger charge is -2.12. The van der Waals surface area contributed by atoms with E-state index in [1.165, 1.54) is 19.1 Å². The summed E-state index contributed by atoms with van der Waals surface area (Å²) in [4.78, 5) is 38.5. The highest BCUT2D eigenvalue weighted by Gasteiger charge is 2.35. The van der Waals surface area contributed by atoms with Gasteiger partial charge in [-0.2, -0.15) is 13.2 Å². The van der Waals surface area contributed by atoms with Crippen molar-refractivity contribution >= 4 is 44.9 Å². The first-order chi connectivity index (χ1) is 16.8. The number of benzene rings is 1. The van der Waals surface area contributed by atoms with E-state index in [1.54, 1.807) is 0 Å². The molecule has 0 spiro atoms. The van der Waals surface area contributed by atoms with Crippen molar-refractivity contribution < 1.29 is 32.1 Å². The number of anilines is 1. The summed E-state index contributed by atoms with van der Waals surface area (Å²) in [6.45, 7) is 0.845. The number of hydrogen-bond acceptors (Lipinski definition) is 7. The molecule has 3 N–H and O–H groups in total. The molecule has 0 atom stereocenters. The number of fused-ring (bicyclic) bond motifs is 1. The predicted molar refractivity (Wildman–Crippen MR) is 121 cm³/mol. The van der Waals surface area contributed by atoms with Crippen LogP contribution in [0.5, 0.6) is 0 Å². The zero-order valence-electron chi connectivity index (χ0n) is 18.1. The molecule has 0 aliphatic carbocycles. The molecule has 10 nitrogen and oxygen atoms in total. The van der Waals surface area contributed by atoms with E-state index in [0.717, 1.165) is 22.9 Å². The van der Waals surface area contributed by atoms with Gasteiger partial charge in [-0.05, 0) is 41.2 Å². The van der Waals surface area contributed by atoms with Crippen molar-refractivity contribution in [3.63, 3.8) is 0 Å². The van der Waals surface area contributed by atoms with Crippen LogP contribution in [0.1, 0.15) is 21.1 Å². The van der Waals surface area contributed by atoms with Crippen molar-refractivity contribution in [3.8, 4) is 11.1 Å². The molecular formula is C21H14F4N6O4S. The SMILES string of the molecule is Cc1cc([N+](=O)[O-])n(CC(=O)Nc2c(C(N)=O)sc3nc(C(F)(F)F)cc(-c4ccc(F)cc4)c23)n1. The van der Waals surface area contributed by atoms with Crippen LogP contribution in [-0.2, 0) is 17.5 Å². The minimum atomic E-state index is -4.85. The summed E-state index contributed by atoms with van der Waals surface area (Å²) < 4.78 is 55.0. The lowest BCUT2D eigenvalue weighted by Crippen LogP contribution is -2.22. The number of pyridine rings is 1. The first-order valence-corrected chi connectivity index (χ1v) is 10.8. The summed E-state index contributed by atoms with van der Waals surface area (Å²) in [5, 5.41) is 17.5. The summed E-state index contributed by atoms with van der Waals surface area (Å²) in [5.74, 6) is -3.01. The third kappa shape index (κ3) is 4.72. The standard InChI is InChI=1S/C21H14F4N6O4S/c1-9-6-15(31(34)35)30(29-9)8-14(32)28-17-16-12(10-2-4-11(22)5-3-10)7-13(21(23,24)25)27-20(16)36-18(17)19(26)33/h2-7H,8H2,1H3,(H2,26,33)(H,28,32). The molecule has 0 bridgehead atoms. The Morgan fingerprint density at radius 1 is 1.22 bits per heavy atom. The summed E-state index contributed by atoms with van der Waals surface area (Å²) in [6.07, 6.45) is -4.85. The molecule has 1 aromatic carbocycles. The molecule has 0 saturated heterocycles. The quantitative estimate of drug-likeness (QED) is 0.220. The zero-order valence-corrected chi connectivity index (χ0v) is 18.9. The first kappa shape index (κ1) is 24.7. The third-order valence-corrected chi connectivity index (χ3v) is 6.06. The smallest absolute Gasteiger partial charge is 0.365 e. The Bertz CT molecular complexity index is 1530. The van der Waals surface area contributed by atoms with E-state index < -0.39 is 46.8 Å². The number of nitro groups is 1. The van der Waals surface area contributed by atoms with Crippen LogP contribution in [0.2, 0.25) is 0 Å². The van der Waals surface area contributed by atoms with Crippen LogP contribution in [0.25, 0.3) is 21.3 Å². The van der Waals surface area contributed by atoms with Crippen LogP contribution in [0.3, 0.4) is 0 Å². The largest absolute Gasteiger partial charge is 0.433 e. The molecule has 0 aliphatic rings. The van der Waals surface area contributed by atoms with Gasteiger partial charge in [-0.3, -0.25) is 9.59 Å². The zero-order chi connectivity index (χ0) is 26.4. The Hall–Kier alpha value is -4.40. The fourth-order valence-corrected chi connectivity index (χ4v) is 4.51. The Morgan fingerprint density at radius 3 is 2.47 bits per heavy atom. The molecule has 0 saturated carbocycles. The normalized spacial score (nSPS) is 11.6. The van der Waals surface area contributed by atoms with Crippen molar-refractivity contribution in [3.05, 3.63) is 68.6 Å². The van der Waals surface area contributed by atoms with Gasteiger partial charge in [-0.15, -0.1) is 16.0 Å². The van der Waals surface area contributed by atoms with Gasteiger partial charge in [0.15, 0.2) is 6.54 Å². The molecule has 2 amide bonds. The Balaban J connectivity index is 1.88. The lowest BCUT2D eigenvalue weighted by molar-refractivity contribution is -0.392. The van der Waals surface area contributed by atoms with Gasteiger partial charge in [-0.25, -0.2) is 9.37 Å². The second-order valence-electron chi connectivity index (χ2n) is 7.52. The number of halogens is 4. The summed E-state index contributed by atoms with van der Waals surface area (Å²) in [6, 6.07) is 6.39. The monoisotopic (exact) mass is 522 g/mol. The van der Waals surface area contributed by atoms with Crippen molar-refractivity contribution in [2.75, 3.05) is 5.32 Å². The van der Waals surface area contributed by atoms with E-state index >= 15 is 0 Å². The topological polar surface area (TPSA) is 146 Å². The Kier molecular flexibility index (Phi) is 6.17. The van der Waals surface area contributed by atoms with E-state index in [-0.39, 0.29) is 37.6 Å². The fraction of sp³-hybridized carbons (Fsp3) is 0.143. The second kappa shape index (κ2) is 8.99. The van der Waals surface area contributed by atoms with Crippen LogP contribution in [0, 0.1) is 22.9 Å². The number of hydrogen-bond donors (Lipinski definition) is 2. The summed E-state index contributed by atoms with van der Waals surface area (Å²) in [5.41, 5.74) is 4.26. The molecule has 4 rings (SSSR count). The lowest BCUT2D eigenvalue weighted by atomic mass is 10.0. The van der Waals surface area contributed by atoms with Crippen molar-refractivity contribution in [1.29, 1.82) is 0 Å². The molecule has 15 heteroatoms. The van der Waals surface area contributed by atoms with E-state index in [9.17, 15) is 37.3 Å². The molecule has 0 aliphatic heterocycles. The molecule has 186 valence electrons. The Morgan fingerprint density at radius 2 is 1.89 bits per heavy atom. The highest BCUT2D eigenvalue weighted by Crippen LogP contribution is 2.43. The van der Waals surface area contributed by atoms with Crippen LogP contribution in [0.4, 0.5) is 29.1 Å². The maximum Gasteiger partial charge on any atom is 0.433 e. The maximum atomic E-state index is 13.6. The number of nitrogens with two attached hydrogens (primary N) is 1. The molecule has 0 unspecified atom stereocenters. The van der Waals surface area contributed by atoms with Gasteiger partial charge < -0.3 is 21.2 Å². The number of amides is 2. The molecule has 3 aromatic heterocycles. The van der Waals surface area contributed by atoms with E-state index in [2.05, 4.69) is 15.4 Å². The number of alkyl halides is 3. The van der Waals surface area contributed by atoms with Gasteiger partial charge in [0.1, 0.15) is 21.2 Å². The van der Waals surface area contributed by atoms with Gasteiger partial charge in [0.05, 0.1) is 17.4 Å². The molecular weight excluding hydrogens is 508 g/mol. The average Bonchev–Trinajstić information content (AvgIpc) is 3.33. The number of nitrogens with zero attached hydrogens (tertiary/aromatic N) is 4. The molecule has 0 fully saturated rings. The molecule has 0 radical (unpaired) electrons. The number of primary amides is 1. The highest BCUT2D eigenvalue weighted by molar-refractivity contribution is 7.21. The van der Waals surface area contributed by atoms with Crippen molar-refractivity contribution in [2.24, 2.45) is 5.73 Å². The highest BCUT2D eigenvalue weighted by atomic mass is 32.1. The first-order valence-electron chi connectivity index (χ1n) is 9.94. The van der Waals surface area contributed by atoms with Gasteiger partial charge >= 0.3 is 12.0 Å². The molecule has 36 heavy (non-hydrogen) atoms. The van der Waals surface area contributed by atoms with Gasteiger partial charge in [-0.1, -0.05) is 17.2 Å². The number of thiophene rings is 1. The number of aryl methyl sites for hydroxylation is 1. The third-order valence-electron chi connectivity index (χ3n) is 4.96. The average molecular weight is 522 g/mol. The number of rotatable bonds is 6. The van der Waals surface area contributed by atoms with Crippen LogP contribution in [0.15, 0.2) is 36.4 Å². The predicted octanol–water partition coefficient (Wildman–Crippen LogP) is 4.27. The van der Waals surface area contributed by atoms with Gasteiger partial charge in [0.2, 0.25) is 0 Å². The van der Waals surface area contributed by atoms with E-state index in [0.29, 0.717) is 17.4 Å². The summed E-state index contributed by atoms with van der Waals surface area (Å²) in [7, 11) is 0.